The van der Waals surface area contributed by atoms with Gasteiger partial charge in [-0.05, 0) is 52.8 Å². The third-order valence-electron chi connectivity index (χ3n) is 4.48. The van der Waals surface area contributed by atoms with Crippen LogP contribution in [0.2, 0.25) is 5.02 Å². The molecule has 1 aliphatic rings. The average Bonchev–Trinajstić information content (AvgIpc) is 2.70. The number of carbonyl (C=O) groups excluding carboxylic acids is 2. The Bertz CT molecular complexity index is 1160. The summed E-state index contributed by atoms with van der Waals surface area (Å²) in [7, 11) is 0. The lowest BCUT2D eigenvalue weighted by Gasteiger charge is -2.17. The lowest BCUT2D eigenvalue weighted by atomic mass is 10.1. The van der Waals surface area contributed by atoms with E-state index in [0.29, 0.717) is 22.9 Å². The molecule has 0 aliphatic carbocycles. The lowest BCUT2D eigenvalue weighted by molar-refractivity contribution is -0.123. The van der Waals surface area contributed by atoms with E-state index in [0.717, 1.165) is 16.3 Å². The highest BCUT2D eigenvalue weighted by atomic mass is 35.5. The number of ether oxygens (including phenoxy) is 1. The molecule has 3 aromatic carbocycles. The second-order valence-electron chi connectivity index (χ2n) is 6.40. The Hall–Kier alpha value is -3.22. The molecular formula is C22H15ClN2O3S. The van der Waals surface area contributed by atoms with Crippen molar-refractivity contribution in [2.45, 2.75) is 6.61 Å². The van der Waals surface area contributed by atoms with Crippen LogP contribution in [0.25, 0.3) is 16.8 Å². The molecule has 0 radical (unpaired) electrons. The number of carbonyl (C=O) groups is 2. The summed E-state index contributed by atoms with van der Waals surface area (Å²) in [6, 6.07) is 19.1. The molecule has 7 heteroatoms. The van der Waals surface area contributed by atoms with E-state index in [2.05, 4.69) is 10.6 Å². The number of hydrogen-bond donors (Lipinski definition) is 2. The second-order valence-corrected chi connectivity index (χ2v) is 7.25. The SMILES string of the molecule is O=C1NC(=S)NC(=O)C1=Cc1cc(Cl)ccc1OCc1cccc2ccccc12. The normalized spacial score (nSPS) is 13.8. The van der Waals surface area contributed by atoms with Gasteiger partial charge >= 0.3 is 0 Å². The number of amides is 2. The van der Waals surface area contributed by atoms with Gasteiger partial charge in [0.2, 0.25) is 0 Å². The van der Waals surface area contributed by atoms with Crippen molar-refractivity contribution in [3.63, 3.8) is 0 Å². The van der Waals surface area contributed by atoms with E-state index < -0.39 is 11.8 Å². The smallest absolute Gasteiger partial charge is 0.263 e. The monoisotopic (exact) mass is 422 g/mol. The maximum atomic E-state index is 12.1. The number of halogens is 1. The summed E-state index contributed by atoms with van der Waals surface area (Å²) in [5.41, 5.74) is 1.47. The molecule has 4 rings (SSSR count). The Labute approximate surface area is 177 Å². The van der Waals surface area contributed by atoms with Crippen LogP contribution in [0.15, 0.2) is 66.2 Å². The maximum Gasteiger partial charge on any atom is 0.263 e. The van der Waals surface area contributed by atoms with Crippen molar-refractivity contribution in [3.8, 4) is 5.75 Å². The minimum absolute atomic E-state index is 0.0179. The quantitative estimate of drug-likeness (QED) is 0.379. The molecule has 1 saturated heterocycles. The van der Waals surface area contributed by atoms with Gasteiger partial charge in [-0.25, -0.2) is 0 Å². The molecule has 0 bridgehead atoms. The Kier molecular flexibility index (Phi) is 5.29. The van der Waals surface area contributed by atoms with E-state index >= 15 is 0 Å². The van der Waals surface area contributed by atoms with E-state index in [-0.39, 0.29) is 10.7 Å². The van der Waals surface area contributed by atoms with Gasteiger partial charge in [-0.15, -0.1) is 0 Å². The van der Waals surface area contributed by atoms with Crippen LogP contribution in [0.3, 0.4) is 0 Å². The van der Waals surface area contributed by atoms with Crippen LogP contribution < -0.4 is 15.4 Å². The highest BCUT2D eigenvalue weighted by Gasteiger charge is 2.26. The number of nitrogens with one attached hydrogen (secondary N) is 2. The van der Waals surface area contributed by atoms with Crippen LogP contribution >= 0.6 is 23.8 Å². The van der Waals surface area contributed by atoms with Gasteiger partial charge in [-0.2, -0.15) is 0 Å². The molecule has 1 aliphatic heterocycles. The molecule has 2 N–H and O–H groups in total. The van der Waals surface area contributed by atoms with E-state index in [1.165, 1.54) is 6.08 Å². The molecule has 0 aromatic heterocycles. The molecule has 29 heavy (non-hydrogen) atoms. The van der Waals surface area contributed by atoms with Gasteiger partial charge in [0.05, 0.1) is 0 Å². The zero-order valence-corrected chi connectivity index (χ0v) is 16.6. The summed E-state index contributed by atoms with van der Waals surface area (Å²) in [6.45, 7) is 0.321. The largest absolute Gasteiger partial charge is 0.488 e. The average molecular weight is 423 g/mol. The molecular weight excluding hydrogens is 408 g/mol. The van der Waals surface area contributed by atoms with Crippen molar-refractivity contribution in [2.24, 2.45) is 0 Å². The van der Waals surface area contributed by atoms with Crippen LogP contribution in [0, 0.1) is 0 Å². The number of thiocarbonyl (C=S) groups is 1. The van der Waals surface area contributed by atoms with Crippen LogP contribution in [-0.4, -0.2) is 16.9 Å². The van der Waals surface area contributed by atoms with Crippen molar-refractivity contribution >= 4 is 57.6 Å². The predicted octanol–water partition coefficient (Wildman–Crippen LogP) is 3.99. The van der Waals surface area contributed by atoms with E-state index in [9.17, 15) is 9.59 Å². The Morgan fingerprint density at radius 1 is 0.966 bits per heavy atom. The first-order valence-electron chi connectivity index (χ1n) is 8.78. The van der Waals surface area contributed by atoms with Crippen molar-refractivity contribution in [1.82, 2.24) is 10.6 Å². The van der Waals surface area contributed by atoms with Crippen molar-refractivity contribution in [1.29, 1.82) is 0 Å². The first-order valence-corrected chi connectivity index (χ1v) is 9.57. The summed E-state index contributed by atoms with van der Waals surface area (Å²) < 4.78 is 6.03. The minimum atomic E-state index is -0.571. The van der Waals surface area contributed by atoms with Crippen LogP contribution in [0.4, 0.5) is 0 Å². The fraction of sp³-hybridized carbons (Fsp3) is 0.0455. The van der Waals surface area contributed by atoms with E-state index in [1.54, 1.807) is 18.2 Å². The first kappa shape index (κ1) is 19.1. The molecule has 3 aromatic rings. The van der Waals surface area contributed by atoms with Crippen molar-refractivity contribution in [2.75, 3.05) is 0 Å². The first-order chi connectivity index (χ1) is 14.0. The van der Waals surface area contributed by atoms with E-state index in [4.69, 9.17) is 28.6 Å². The maximum absolute atomic E-state index is 12.1. The van der Waals surface area contributed by atoms with Gasteiger partial charge < -0.3 is 4.74 Å². The number of fused-ring (bicyclic) bond motifs is 1. The van der Waals surface area contributed by atoms with Crippen LogP contribution in [-0.2, 0) is 16.2 Å². The third-order valence-corrected chi connectivity index (χ3v) is 4.92. The topological polar surface area (TPSA) is 67.4 Å². The molecule has 0 unspecified atom stereocenters. The highest BCUT2D eigenvalue weighted by Crippen LogP contribution is 2.28. The molecule has 1 fully saturated rings. The van der Waals surface area contributed by atoms with Crippen molar-refractivity contribution in [3.05, 3.63) is 82.4 Å². The number of benzene rings is 3. The lowest BCUT2D eigenvalue weighted by Crippen LogP contribution is -2.51. The Morgan fingerprint density at radius 2 is 1.69 bits per heavy atom. The summed E-state index contributed by atoms with van der Waals surface area (Å²) in [4.78, 5) is 24.3. The zero-order chi connectivity index (χ0) is 20.4. The van der Waals surface area contributed by atoms with Gasteiger partial charge in [-0.1, -0.05) is 54.1 Å². The van der Waals surface area contributed by atoms with Gasteiger partial charge in [0.15, 0.2) is 5.11 Å². The van der Waals surface area contributed by atoms with Crippen LogP contribution in [0.1, 0.15) is 11.1 Å². The van der Waals surface area contributed by atoms with Crippen LogP contribution in [0.5, 0.6) is 5.75 Å². The number of rotatable bonds is 4. The summed E-state index contributed by atoms with van der Waals surface area (Å²) in [6.07, 6.45) is 1.44. The van der Waals surface area contributed by atoms with Crippen molar-refractivity contribution < 1.29 is 14.3 Å². The minimum Gasteiger partial charge on any atom is -0.488 e. The second kappa shape index (κ2) is 8.03. The third kappa shape index (κ3) is 4.13. The molecule has 0 atom stereocenters. The van der Waals surface area contributed by atoms with Gasteiger partial charge in [0.25, 0.3) is 11.8 Å². The summed E-state index contributed by atoms with van der Waals surface area (Å²) in [5, 5.41) is 7.49. The highest BCUT2D eigenvalue weighted by molar-refractivity contribution is 7.80. The zero-order valence-electron chi connectivity index (χ0n) is 15.1. The predicted molar refractivity (Wildman–Crippen MR) is 117 cm³/mol. The molecule has 5 nitrogen and oxygen atoms in total. The fourth-order valence-corrected chi connectivity index (χ4v) is 3.47. The standard InChI is InChI=1S/C22H15ClN2O3S/c23-16-8-9-19(15(10-16)11-18-20(26)24-22(29)25-21(18)27)28-12-14-6-3-5-13-4-1-2-7-17(13)14/h1-11H,12H2,(H2,24,25,26,27,29). The molecule has 2 amide bonds. The van der Waals surface area contributed by atoms with E-state index in [1.807, 2.05) is 42.5 Å². The van der Waals surface area contributed by atoms with Gasteiger partial charge in [0.1, 0.15) is 17.9 Å². The molecule has 1 heterocycles. The van der Waals surface area contributed by atoms with Gasteiger partial charge in [0, 0.05) is 10.6 Å². The molecule has 144 valence electrons. The van der Waals surface area contributed by atoms with Gasteiger partial charge in [-0.3, -0.25) is 20.2 Å². The summed E-state index contributed by atoms with van der Waals surface area (Å²) >= 11 is 10.9. The Morgan fingerprint density at radius 3 is 2.48 bits per heavy atom. The molecule has 0 spiro atoms. The summed E-state index contributed by atoms with van der Waals surface area (Å²) in [5.74, 6) is -0.638. The fourth-order valence-electron chi connectivity index (χ4n) is 3.10. The number of hydrogen-bond acceptors (Lipinski definition) is 4. The Balaban J connectivity index is 1.65. The molecule has 0 saturated carbocycles.